The topological polar surface area (TPSA) is 57.7 Å². The minimum atomic E-state index is -3.50. The maximum atomic E-state index is 12.8. The van der Waals surface area contributed by atoms with E-state index in [4.69, 9.17) is 0 Å². The number of sulfonamides is 1. The van der Waals surface area contributed by atoms with Crippen LogP contribution in [0.2, 0.25) is 0 Å². The summed E-state index contributed by atoms with van der Waals surface area (Å²) in [7, 11) is -3.50. The van der Waals surface area contributed by atoms with Gasteiger partial charge in [-0.2, -0.15) is 4.31 Å². The van der Waals surface area contributed by atoms with Crippen LogP contribution in [0.3, 0.4) is 0 Å². The maximum absolute atomic E-state index is 12.8. The van der Waals surface area contributed by atoms with E-state index >= 15 is 0 Å². The number of rotatable bonds is 4. The summed E-state index contributed by atoms with van der Waals surface area (Å²) in [6.45, 7) is 5.43. The van der Waals surface area contributed by atoms with E-state index in [1.54, 1.807) is 28.4 Å². The first-order chi connectivity index (χ1) is 11.9. The lowest BCUT2D eigenvalue weighted by atomic mass is 10.1. The minimum Gasteiger partial charge on any atom is -0.340 e. The van der Waals surface area contributed by atoms with Gasteiger partial charge in [-0.3, -0.25) is 4.79 Å². The number of carbonyl (C=O) groups excluding carboxylic acids is 1. The molecular formula is C18H22N2O3S2. The number of amides is 1. The molecule has 0 aliphatic carbocycles. The molecule has 0 saturated carbocycles. The zero-order chi connectivity index (χ0) is 18.0. The molecule has 1 aliphatic heterocycles. The van der Waals surface area contributed by atoms with Crippen molar-refractivity contribution >= 4 is 27.3 Å². The van der Waals surface area contributed by atoms with Gasteiger partial charge in [-0.1, -0.05) is 12.1 Å². The molecule has 0 spiro atoms. The molecule has 2 aromatic rings. The summed E-state index contributed by atoms with van der Waals surface area (Å²) < 4.78 is 27.1. The van der Waals surface area contributed by atoms with Gasteiger partial charge in [0.05, 0.1) is 11.3 Å². The van der Waals surface area contributed by atoms with Crippen LogP contribution in [0.15, 0.2) is 40.6 Å². The highest BCUT2D eigenvalue weighted by Crippen LogP contribution is 2.21. The molecule has 0 unspecified atom stereocenters. The number of piperazine rings is 1. The van der Waals surface area contributed by atoms with Crippen molar-refractivity contribution in [3.8, 4) is 0 Å². The van der Waals surface area contributed by atoms with E-state index in [1.807, 2.05) is 37.4 Å². The van der Waals surface area contributed by atoms with Gasteiger partial charge in [0.1, 0.15) is 0 Å². The lowest BCUT2D eigenvalue weighted by molar-refractivity contribution is -0.131. The maximum Gasteiger partial charge on any atom is 0.243 e. The van der Waals surface area contributed by atoms with Crippen LogP contribution in [0.4, 0.5) is 0 Å². The number of carbonyl (C=O) groups is 1. The molecule has 0 N–H and O–H groups in total. The highest BCUT2D eigenvalue weighted by molar-refractivity contribution is 7.89. The largest absolute Gasteiger partial charge is 0.340 e. The summed E-state index contributed by atoms with van der Waals surface area (Å²) in [4.78, 5) is 15.5. The first-order valence-electron chi connectivity index (χ1n) is 8.25. The van der Waals surface area contributed by atoms with E-state index in [9.17, 15) is 13.2 Å². The third-order valence-electron chi connectivity index (χ3n) is 4.61. The Hall–Kier alpha value is -1.70. The summed E-state index contributed by atoms with van der Waals surface area (Å²) in [5, 5.41) is 1.96. The van der Waals surface area contributed by atoms with Crippen molar-refractivity contribution in [2.24, 2.45) is 0 Å². The second-order valence-corrected chi connectivity index (χ2v) is 9.26. The van der Waals surface area contributed by atoms with Crippen LogP contribution in [0.1, 0.15) is 16.0 Å². The fraction of sp³-hybridized carbons (Fsp3) is 0.389. The molecule has 0 atom stereocenters. The van der Waals surface area contributed by atoms with Crippen molar-refractivity contribution in [1.29, 1.82) is 0 Å². The van der Waals surface area contributed by atoms with E-state index in [-0.39, 0.29) is 5.91 Å². The number of aryl methyl sites for hydroxylation is 2. The van der Waals surface area contributed by atoms with Crippen molar-refractivity contribution in [3.05, 3.63) is 51.7 Å². The third-order valence-corrected chi connectivity index (χ3v) is 7.38. The molecule has 7 heteroatoms. The van der Waals surface area contributed by atoms with Crippen molar-refractivity contribution in [2.45, 2.75) is 25.2 Å². The van der Waals surface area contributed by atoms with Crippen LogP contribution in [0.25, 0.3) is 0 Å². The van der Waals surface area contributed by atoms with Crippen LogP contribution in [0.5, 0.6) is 0 Å². The second kappa shape index (κ2) is 7.27. The molecule has 1 aromatic carbocycles. The van der Waals surface area contributed by atoms with Crippen LogP contribution in [0, 0.1) is 13.8 Å². The summed E-state index contributed by atoms with van der Waals surface area (Å²) in [5.41, 5.74) is 2.04. The number of hydrogen-bond donors (Lipinski definition) is 0. The smallest absolute Gasteiger partial charge is 0.243 e. The van der Waals surface area contributed by atoms with Gasteiger partial charge in [0, 0.05) is 31.1 Å². The SMILES string of the molecule is Cc1ccc(S(=O)(=O)N2CCN(C(=O)Cc3cccs3)CC2)cc1C. The van der Waals surface area contributed by atoms with E-state index in [0.29, 0.717) is 37.5 Å². The average molecular weight is 379 g/mol. The predicted octanol–water partition coefficient (Wildman–Crippen LogP) is 2.44. The highest BCUT2D eigenvalue weighted by atomic mass is 32.2. The Morgan fingerprint density at radius 3 is 2.40 bits per heavy atom. The number of hydrogen-bond acceptors (Lipinski definition) is 4. The third kappa shape index (κ3) is 3.94. The van der Waals surface area contributed by atoms with Gasteiger partial charge in [0.15, 0.2) is 0 Å². The minimum absolute atomic E-state index is 0.0608. The molecule has 134 valence electrons. The summed E-state index contributed by atoms with van der Waals surface area (Å²) in [6.07, 6.45) is 0.390. The molecule has 5 nitrogen and oxygen atoms in total. The summed E-state index contributed by atoms with van der Waals surface area (Å²) in [5.74, 6) is 0.0608. The summed E-state index contributed by atoms with van der Waals surface area (Å²) in [6, 6.07) is 9.10. The first kappa shape index (κ1) is 18.1. The van der Waals surface area contributed by atoms with Gasteiger partial charge < -0.3 is 4.90 Å². The molecule has 0 radical (unpaired) electrons. The Balaban J connectivity index is 1.64. The Labute approximate surface area is 152 Å². The van der Waals surface area contributed by atoms with Gasteiger partial charge >= 0.3 is 0 Å². The molecular weight excluding hydrogens is 356 g/mol. The Morgan fingerprint density at radius 2 is 1.80 bits per heavy atom. The van der Waals surface area contributed by atoms with Crippen LogP contribution < -0.4 is 0 Å². The number of benzene rings is 1. The number of nitrogens with zero attached hydrogens (tertiary/aromatic N) is 2. The predicted molar refractivity (Wildman–Crippen MR) is 99.3 cm³/mol. The van der Waals surface area contributed by atoms with Crippen molar-refractivity contribution in [2.75, 3.05) is 26.2 Å². The van der Waals surface area contributed by atoms with E-state index in [2.05, 4.69) is 0 Å². The van der Waals surface area contributed by atoms with Gasteiger partial charge in [0.25, 0.3) is 0 Å². The van der Waals surface area contributed by atoms with E-state index < -0.39 is 10.0 Å². The molecule has 1 aliphatic rings. The van der Waals surface area contributed by atoms with Crippen LogP contribution in [-0.4, -0.2) is 49.7 Å². The van der Waals surface area contributed by atoms with Crippen molar-refractivity contribution in [3.63, 3.8) is 0 Å². The zero-order valence-electron chi connectivity index (χ0n) is 14.4. The average Bonchev–Trinajstić information content (AvgIpc) is 3.10. The molecule has 1 amide bonds. The molecule has 1 saturated heterocycles. The Morgan fingerprint density at radius 1 is 1.08 bits per heavy atom. The molecule has 2 heterocycles. The normalized spacial score (nSPS) is 16.2. The summed E-state index contributed by atoms with van der Waals surface area (Å²) >= 11 is 1.57. The van der Waals surface area contributed by atoms with E-state index in [0.717, 1.165) is 16.0 Å². The Kier molecular flexibility index (Phi) is 5.27. The van der Waals surface area contributed by atoms with Gasteiger partial charge in [-0.25, -0.2) is 8.42 Å². The van der Waals surface area contributed by atoms with Gasteiger partial charge in [-0.05, 0) is 48.6 Å². The molecule has 1 fully saturated rings. The van der Waals surface area contributed by atoms with Gasteiger partial charge in [-0.15, -0.1) is 11.3 Å². The molecule has 3 rings (SSSR count). The lowest BCUT2D eigenvalue weighted by Crippen LogP contribution is -2.50. The quantitative estimate of drug-likeness (QED) is 0.821. The molecule has 1 aromatic heterocycles. The van der Waals surface area contributed by atoms with Crippen molar-refractivity contribution < 1.29 is 13.2 Å². The fourth-order valence-electron chi connectivity index (χ4n) is 2.88. The lowest BCUT2D eigenvalue weighted by Gasteiger charge is -2.34. The zero-order valence-corrected chi connectivity index (χ0v) is 16.1. The van der Waals surface area contributed by atoms with Crippen LogP contribution >= 0.6 is 11.3 Å². The molecule has 25 heavy (non-hydrogen) atoms. The van der Waals surface area contributed by atoms with E-state index in [1.165, 1.54) is 4.31 Å². The first-order valence-corrected chi connectivity index (χ1v) is 10.6. The fourth-order valence-corrected chi connectivity index (χ4v) is 5.08. The number of thiophene rings is 1. The van der Waals surface area contributed by atoms with Crippen molar-refractivity contribution in [1.82, 2.24) is 9.21 Å². The monoisotopic (exact) mass is 378 g/mol. The van der Waals surface area contributed by atoms with Gasteiger partial charge in [0.2, 0.25) is 15.9 Å². The van der Waals surface area contributed by atoms with Crippen LogP contribution in [-0.2, 0) is 21.2 Å². The molecule has 0 bridgehead atoms. The highest BCUT2D eigenvalue weighted by Gasteiger charge is 2.30. The standard InChI is InChI=1S/C18H22N2O3S2/c1-14-5-6-17(12-15(14)2)25(22,23)20-9-7-19(8-10-20)18(21)13-16-4-3-11-24-16/h3-6,11-12H,7-10,13H2,1-2H3. The Bertz CT molecular complexity index is 852. The second-order valence-electron chi connectivity index (χ2n) is 6.29.